The fraction of sp³-hybridized carbons (Fsp3) is 0.727. The van der Waals surface area contributed by atoms with Crippen molar-refractivity contribution < 1.29 is 14.3 Å². The maximum atomic E-state index is 11.0. The van der Waals surface area contributed by atoms with Gasteiger partial charge in [0, 0.05) is 13.2 Å². The summed E-state index contributed by atoms with van der Waals surface area (Å²) in [6, 6.07) is 0. The van der Waals surface area contributed by atoms with E-state index in [2.05, 4.69) is 20.8 Å². The molecule has 0 saturated heterocycles. The average molecular weight is 200 g/mol. The molecule has 82 valence electrons. The lowest BCUT2D eigenvalue weighted by atomic mass is 9.89. The summed E-state index contributed by atoms with van der Waals surface area (Å²) in [6.07, 6.45) is 3.08. The van der Waals surface area contributed by atoms with E-state index in [1.165, 1.54) is 6.08 Å². The molecule has 0 unspecified atom stereocenters. The van der Waals surface area contributed by atoms with E-state index in [-0.39, 0.29) is 17.5 Å². The maximum absolute atomic E-state index is 11.0. The molecule has 3 heteroatoms. The van der Waals surface area contributed by atoms with E-state index in [9.17, 15) is 4.79 Å². The van der Waals surface area contributed by atoms with Gasteiger partial charge < -0.3 is 9.47 Å². The summed E-state index contributed by atoms with van der Waals surface area (Å²) in [5.74, 6) is -0.321. The monoisotopic (exact) mass is 200 g/mol. The van der Waals surface area contributed by atoms with Gasteiger partial charge in [-0.1, -0.05) is 20.8 Å². The van der Waals surface area contributed by atoms with Crippen LogP contribution >= 0.6 is 0 Å². The van der Waals surface area contributed by atoms with Crippen LogP contribution in [0.1, 0.15) is 27.7 Å². The van der Waals surface area contributed by atoms with Crippen LogP contribution in [0.15, 0.2) is 12.2 Å². The third-order valence-electron chi connectivity index (χ3n) is 1.80. The minimum atomic E-state index is -0.321. The van der Waals surface area contributed by atoms with Crippen molar-refractivity contribution in [3.05, 3.63) is 12.2 Å². The van der Waals surface area contributed by atoms with E-state index >= 15 is 0 Å². The SMILES string of the molecule is CCOC(=O)/C=C/[C@H](OC)C(C)(C)C. The Kier molecular flexibility index (Phi) is 5.46. The van der Waals surface area contributed by atoms with Crippen LogP contribution < -0.4 is 0 Å². The van der Waals surface area contributed by atoms with Gasteiger partial charge in [-0.05, 0) is 18.4 Å². The Hall–Kier alpha value is -0.830. The van der Waals surface area contributed by atoms with Crippen LogP contribution in [0.4, 0.5) is 0 Å². The van der Waals surface area contributed by atoms with Gasteiger partial charge in [0.15, 0.2) is 0 Å². The highest BCUT2D eigenvalue weighted by Crippen LogP contribution is 2.22. The first-order valence-corrected chi connectivity index (χ1v) is 4.79. The summed E-state index contributed by atoms with van der Waals surface area (Å²) in [4.78, 5) is 11.0. The lowest BCUT2D eigenvalue weighted by Crippen LogP contribution is -2.26. The van der Waals surface area contributed by atoms with Crippen LogP contribution in [0.5, 0.6) is 0 Å². The van der Waals surface area contributed by atoms with Crippen LogP contribution in [0, 0.1) is 5.41 Å². The topological polar surface area (TPSA) is 35.5 Å². The highest BCUT2D eigenvalue weighted by Gasteiger charge is 2.21. The number of carbonyl (C=O) groups excluding carboxylic acids is 1. The molecule has 0 saturated carbocycles. The highest BCUT2D eigenvalue weighted by atomic mass is 16.5. The molecule has 0 aromatic rings. The number of hydrogen-bond donors (Lipinski definition) is 0. The molecule has 14 heavy (non-hydrogen) atoms. The van der Waals surface area contributed by atoms with E-state index in [4.69, 9.17) is 9.47 Å². The summed E-state index contributed by atoms with van der Waals surface area (Å²) in [6.45, 7) is 8.34. The molecule has 0 rings (SSSR count). The largest absolute Gasteiger partial charge is 0.463 e. The molecule has 0 aliphatic rings. The second-order valence-corrected chi connectivity index (χ2v) is 4.13. The minimum absolute atomic E-state index is 0.0161. The van der Waals surface area contributed by atoms with Crippen LogP contribution in [-0.4, -0.2) is 25.8 Å². The highest BCUT2D eigenvalue weighted by molar-refractivity contribution is 5.81. The Morgan fingerprint density at radius 2 is 2.00 bits per heavy atom. The van der Waals surface area contributed by atoms with Crippen molar-refractivity contribution in [2.75, 3.05) is 13.7 Å². The average Bonchev–Trinajstić information content (AvgIpc) is 2.03. The molecule has 0 amide bonds. The molecular formula is C11H20O3. The molecule has 0 bridgehead atoms. The number of methoxy groups -OCH3 is 1. The Morgan fingerprint density at radius 3 is 2.36 bits per heavy atom. The number of hydrogen-bond acceptors (Lipinski definition) is 3. The first kappa shape index (κ1) is 13.2. The van der Waals surface area contributed by atoms with Crippen LogP contribution in [0.2, 0.25) is 0 Å². The smallest absolute Gasteiger partial charge is 0.330 e. The molecule has 0 fully saturated rings. The Morgan fingerprint density at radius 1 is 1.43 bits per heavy atom. The summed E-state index contributed by atoms with van der Waals surface area (Å²) < 4.78 is 10.0. The summed E-state index contributed by atoms with van der Waals surface area (Å²) >= 11 is 0. The summed E-state index contributed by atoms with van der Waals surface area (Å²) in [5.41, 5.74) is -0.0161. The number of esters is 1. The summed E-state index contributed by atoms with van der Waals surface area (Å²) in [5, 5.41) is 0. The molecule has 0 aliphatic carbocycles. The van der Waals surface area contributed by atoms with Gasteiger partial charge in [0.2, 0.25) is 0 Å². The van der Waals surface area contributed by atoms with Crippen molar-refractivity contribution in [2.45, 2.75) is 33.8 Å². The molecule has 1 atom stereocenters. The number of ether oxygens (including phenoxy) is 2. The lowest BCUT2D eigenvalue weighted by Gasteiger charge is -2.26. The quantitative estimate of drug-likeness (QED) is 0.515. The van der Waals surface area contributed by atoms with E-state index in [1.807, 2.05) is 0 Å². The number of carbonyl (C=O) groups is 1. The third-order valence-corrected chi connectivity index (χ3v) is 1.80. The van der Waals surface area contributed by atoms with Gasteiger partial charge in [-0.2, -0.15) is 0 Å². The van der Waals surface area contributed by atoms with Crippen LogP contribution in [0.25, 0.3) is 0 Å². The predicted octanol–water partition coefficient (Wildman–Crippen LogP) is 2.17. The Bertz CT molecular complexity index is 201. The second kappa shape index (κ2) is 5.81. The van der Waals surface area contributed by atoms with Gasteiger partial charge in [-0.25, -0.2) is 4.79 Å². The number of rotatable bonds is 4. The zero-order valence-electron chi connectivity index (χ0n) is 9.66. The Labute approximate surface area is 86.1 Å². The first-order chi connectivity index (χ1) is 6.41. The molecule has 0 aromatic carbocycles. The molecule has 0 radical (unpaired) electrons. The first-order valence-electron chi connectivity index (χ1n) is 4.79. The standard InChI is InChI=1S/C11H20O3/c1-6-14-10(12)8-7-9(13-5)11(2,3)4/h7-9H,6H2,1-5H3/b8-7+/t9-/m0/s1. The van der Waals surface area contributed by atoms with E-state index in [0.717, 1.165) is 0 Å². The fourth-order valence-corrected chi connectivity index (χ4v) is 1.08. The molecule has 0 N–H and O–H groups in total. The summed E-state index contributed by atoms with van der Waals surface area (Å²) in [7, 11) is 1.63. The van der Waals surface area contributed by atoms with Gasteiger partial charge in [0.25, 0.3) is 0 Å². The fourth-order valence-electron chi connectivity index (χ4n) is 1.08. The maximum Gasteiger partial charge on any atom is 0.330 e. The van der Waals surface area contributed by atoms with Crippen molar-refractivity contribution in [1.82, 2.24) is 0 Å². The molecule has 0 aliphatic heterocycles. The van der Waals surface area contributed by atoms with Crippen molar-refractivity contribution in [3.8, 4) is 0 Å². The molecule has 0 aromatic heterocycles. The van der Waals surface area contributed by atoms with Crippen molar-refractivity contribution >= 4 is 5.97 Å². The van der Waals surface area contributed by atoms with E-state index in [0.29, 0.717) is 6.61 Å². The van der Waals surface area contributed by atoms with Gasteiger partial charge in [-0.15, -0.1) is 0 Å². The van der Waals surface area contributed by atoms with Gasteiger partial charge in [0.1, 0.15) is 0 Å². The van der Waals surface area contributed by atoms with Gasteiger partial charge in [0.05, 0.1) is 12.7 Å². The third kappa shape index (κ3) is 5.02. The molecule has 0 heterocycles. The Balaban J connectivity index is 4.25. The van der Waals surface area contributed by atoms with Crippen LogP contribution in [-0.2, 0) is 14.3 Å². The molecular weight excluding hydrogens is 180 g/mol. The van der Waals surface area contributed by atoms with Crippen molar-refractivity contribution in [1.29, 1.82) is 0 Å². The van der Waals surface area contributed by atoms with E-state index < -0.39 is 0 Å². The van der Waals surface area contributed by atoms with Gasteiger partial charge >= 0.3 is 5.97 Å². The second-order valence-electron chi connectivity index (χ2n) is 4.13. The van der Waals surface area contributed by atoms with Crippen molar-refractivity contribution in [3.63, 3.8) is 0 Å². The van der Waals surface area contributed by atoms with E-state index in [1.54, 1.807) is 20.1 Å². The van der Waals surface area contributed by atoms with Gasteiger partial charge in [-0.3, -0.25) is 0 Å². The zero-order valence-corrected chi connectivity index (χ0v) is 9.66. The van der Waals surface area contributed by atoms with Crippen molar-refractivity contribution in [2.24, 2.45) is 5.41 Å². The van der Waals surface area contributed by atoms with Crippen LogP contribution in [0.3, 0.4) is 0 Å². The molecule has 0 spiro atoms. The molecule has 3 nitrogen and oxygen atoms in total. The lowest BCUT2D eigenvalue weighted by molar-refractivity contribution is -0.137. The zero-order chi connectivity index (χ0) is 11.2. The normalized spacial score (nSPS) is 14.4. The minimum Gasteiger partial charge on any atom is -0.463 e. The predicted molar refractivity (Wildman–Crippen MR) is 56.0 cm³/mol.